The molecule has 1 aliphatic rings. The molecule has 1 heterocycles. The normalized spacial score (nSPS) is 21.8. The summed E-state index contributed by atoms with van der Waals surface area (Å²) in [5.74, 6) is 0.697. The summed E-state index contributed by atoms with van der Waals surface area (Å²) in [5, 5.41) is 0. The molecule has 1 amide bonds. The number of nitrogens with two attached hydrogens (primary N) is 1. The Bertz CT molecular complexity index is 496. The van der Waals surface area contributed by atoms with Gasteiger partial charge in [0.05, 0.1) is 13.7 Å². The minimum absolute atomic E-state index is 0.0847. The molecule has 0 aromatic heterocycles. The fourth-order valence-corrected chi connectivity index (χ4v) is 2.49. The van der Waals surface area contributed by atoms with Crippen molar-refractivity contribution in [1.29, 1.82) is 0 Å². The molecule has 0 spiro atoms. The lowest BCUT2D eigenvalue weighted by atomic mass is 9.98. The third-order valence-corrected chi connectivity index (χ3v) is 3.67. The van der Waals surface area contributed by atoms with E-state index in [0.29, 0.717) is 26.2 Å². The van der Waals surface area contributed by atoms with Gasteiger partial charge in [0, 0.05) is 25.8 Å². The van der Waals surface area contributed by atoms with Gasteiger partial charge >= 0.3 is 0 Å². The molecule has 2 rings (SSSR count). The van der Waals surface area contributed by atoms with Crippen LogP contribution in [0.25, 0.3) is 0 Å². The van der Waals surface area contributed by atoms with E-state index in [1.807, 2.05) is 25.1 Å². The Labute approximate surface area is 119 Å². The lowest BCUT2D eigenvalue weighted by Gasteiger charge is -2.28. The molecule has 1 saturated heterocycles. The standard InChI is InChI=1S/C15H22N2O3/c1-11-4-5-13(19-3)12(8-11)9-17(2)14(18)15(16)6-7-20-10-15/h4-5,8H,6-7,9-10,16H2,1-3H3. The quantitative estimate of drug-likeness (QED) is 0.895. The highest BCUT2D eigenvalue weighted by Crippen LogP contribution is 2.23. The minimum atomic E-state index is -0.883. The van der Waals surface area contributed by atoms with Crippen molar-refractivity contribution < 1.29 is 14.3 Å². The number of aryl methyl sites for hydroxylation is 1. The molecule has 1 fully saturated rings. The van der Waals surface area contributed by atoms with Crippen LogP contribution < -0.4 is 10.5 Å². The second-order valence-electron chi connectivity index (χ2n) is 5.44. The Balaban J connectivity index is 2.13. The van der Waals surface area contributed by atoms with Gasteiger partial charge in [-0.2, -0.15) is 0 Å². The zero-order valence-electron chi connectivity index (χ0n) is 12.3. The number of methoxy groups -OCH3 is 1. The van der Waals surface area contributed by atoms with Crippen molar-refractivity contribution in [2.24, 2.45) is 5.73 Å². The molecule has 1 aromatic carbocycles. The first kappa shape index (κ1) is 14.8. The van der Waals surface area contributed by atoms with Gasteiger partial charge in [0.2, 0.25) is 5.91 Å². The van der Waals surface area contributed by atoms with Crippen LogP contribution in [0.3, 0.4) is 0 Å². The van der Waals surface area contributed by atoms with Crippen LogP contribution in [0.2, 0.25) is 0 Å². The fourth-order valence-electron chi connectivity index (χ4n) is 2.49. The van der Waals surface area contributed by atoms with Gasteiger partial charge in [0.1, 0.15) is 11.3 Å². The number of hydrogen-bond donors (Lipinski definition) is 1. The number of likely N-dealkylation sites (N-methyl/N-ethyl adjacent to an activating group) is 1. The molecular formula is C15H22N2O3. The molecule has 5 heteroatoms. The summed E-state index contributed by atoms with van der Waals surface area (Å²) in [6.45, 7) is 3.33. The molecule has 20 heavy (non-hydrogen) atoms. The smallest absolute Gasteiger partial charge is 0.245 e. The van der Waals surface area contributed by atoms with Gasteiger partial charge in [-0.1, -0.05) is 17.7 Å². The average molecular weight is 278 g/mol. The highest BCUT2D eigenvalue weighted by molar-refractivity contribution is 5.86. The van der Waals surface area contributed by atoms with Crippen molar-refractivity contribution >= 4 is 5.91 Å². The van der Waals surface area contributed by atoms with Crippen LogP contribution in [0.4, 0.5) is 0 Å². The predicted molar refractivity (Wildman–Crippen MR) is 76.6 cm³/mol. The van der Waals surface area contributed by atoms with Crippen molar-refractivity contribution in [3.05, 3.63) is 29.3 Å². The van der Waals surface area contributed by atoms with E-state index in [-0.39, 0.29) is 5.91 Å². The van der Waals surface area contributed by atoms with Crippen LogP contribution in [-0.4, -0.2) is 43.7 Å². The minimum Gasteiger partial charge on any atom is -0.496 e. The Morgan fingerprint density at radius 3 is 2.90 bits per heavy atom. The number of carbonyl (C=O) groups is 1. The summed E-state index contributed by atoms with van der Waals surface area (Å²) < 4.78 is 10.6. The predicted octanol–water partition coefficient (Wildman–Crippen LogP) is 1.08. The molecular weight excluding hydrogens is 256 g/mol. The number of carbonyl (C=O) groups excluding carboxylic acids is 1. The average Bonchev–Trinajstić information content (AvgIpc) is 2.86. The summed E-state index contributed by atoms with van der Waals surface area (Å²) in [7, 11) is 3.39. The molecule has 110 valence electrons. The summed E-state index contributed by atoms with van der Waals surface area (Å²) >= 11 is 0. The van der Waals surface area contributed by atoms with Crippen LogP contribution >= 0.6 is 0 Å². The number of amides is 1. The fraction of sp³-hybridized carbons (Fsp3) is 0.533. The van der Waals surface area contributed by atoms with E-state index in [0.717, 1.165) is 16.9 Å². The van der Waals surface area contributed by atoms with Crippen LogP contribution in [0.5, 0.6) is 5.75 Å². The molecule has 5 nitrogen and oxygen atoms in total. The number of nitrogens with zero attached hydrogens (tertiary/aromatic N) is 1. The van der Waals surface area contributed by atoms with Crippen LogP contribution in [0.15, 0.2) is 18.2 Å². The largest absolute Gasteiger partial charge is 0.496 e. The number of benzene rings is 1. The maximum absolute atomic E-state index is 12.4. The third kappa shape index (κ3) is 2.94. The molecule has 0 bridgehead atoms. The number of rotatable bonds is 4. The van der Waals surface area contributed by atoms with Gasteiger partial charge < -0.3 is 20.1 Å². The van der Waals surface area contributed by atoms with E-state index < -0.39 is 5.54 Å². The van der Waals surface area contributed by atoms with Gasteiger partial charge in [0.15, 0.2) is 0 Å². The SMILES string of the molecule is COc1ccc(C)cc1CN(C)C(=O)C1(N)CCOC1. The Morgan fingerprint density at radius 2 is 2.30 bits per heavy atom. The van der Waals surface area contributed by atoms with E-state index in [4.69, 9.17) is 15.2 Å². The molecule has 2 N–H and O–H groups in total. The molecule has 1 aliphatic heterocycles. The summed E-state index contributed by atoms with van der Waals surface area (Å²) in [5.41, 5.74) is 7.34. The van der Waals surface area contributed by atoms with Gasteiger partial charge in [-0.05, 0) is 19.4 Å². The lowest BCUT2D eigenvalue weighted by molar-refractivity contribution is -0.136. The second kappa shape index (κ2) is 5.81. The van der Waals surface area contributed by atoms with E-state index in [9.17, 15) is 4.79 Å². The maximum atomic E-state index is 12.4. The van der Waals surface area contributed by atoms with Crippen LogP contribution in [0, 0.1) is 6.92 Å². The van der Waals surface area contributed by atoms with Gasteiger partial charge in [-0.25, -0.2) is 0 Å². The van der Waals surface area contributed by atoms with Gasteiger partial charge in [-0.15, -0.1) is 0 Å². The number of ether oxygens (including phenoxy) is 2. The molecule has 0 radical (unpaired) electrons. The first-order chi connectivity index (χ1) is 9.46. The van der Waals surface area contributed by atoms with Crippen molar-refractivity contribution in [1.82, 2.24) is 4.90 Å². The van der Waals surface area contributed by atoms with Crippen molar-refractivity contribution in [2.75, 3.05) is 27.4 Å². The summed E-state index contributed by atoms with van der Waals surface area (Å²) in [6.07, 6.45) is 0.571. The second-order valence-corrected chi connectivity index (χ2v) is 5.44. The first-order valence-corrected chi connectivity index (χ1v) is 6.72. The molecule has 0 aliphatic carbocycles. The van der Waals surface area contributed by atoms with Gasteiger partial charge in [-0.3, -0.25) is 4.79 Å². The molecule has 1 unspecified atom stereocenters. The highest BCUT2D eigenvalue weighted by Gasteiger charge is 2.40. The number of hydrogen-bond acceptors (Lipinski definition) is 4. The van der Waals surface area contributed by atoms with E-state index in [2.05, 4.69) is 0 Å². The first-order valence-electron chi connectivity index (χ1n) is 6.72. The Morgan fingerprint density at radius 1 is 1.55 bits per heavy atom. The van der Waals surface area contributed by atoms with Crippen molar-refractivity contribution in [3.8, 4) is 5.75 Å². The molecule has 0 saturated carbocycles. The Hall–Kier alpha value is -1.59. The van der Waals surface area contributed by atoms with Crippen LogP contribution in [0.1, 0.15) is 17.5 Å². The summed E-state index contributed by atoms with van der Waals surface area (Å²) in [6, 6.07) is 5.93. The maximum Gasteiger partial charge on any atom is 0.245 e. The van der Waals surface area contributed by atoms with E-state index in [1.165, 1.54) is 0 Å². The Kier molecular flexibility index (Phi) is 4.30. The highest BCUT2D eigenvalue weighted by atomic mass is 16.5. The van der Waals surface area contributed by atoms with Crippen LogP contribution in [-0.2, 0) is 16.1 Å². The van der Waals surface area contributed by atoms with Crippen molar-refractivity contribution in [2.45, 2.75) is 25.4 Å². The van der Waals surface area contributed by atoms with E-state index in [1.54, 1.807) is 19.1 Å². The topological polar surface area (TPSA) is 64.8 Å². The lowest BCUT2D eigenvalue weighted by Crippen LogP contribution is -2.54. The monoisotopic (exact) mass is 278 g/mol. The zero-order valence-corrected chi connectivity index (χ0v) is 12.3. The third-order valence-electron chi connectivity index (χ3n) is 3.67. The molecule has 1 atom stereocenters. The zero-order chi connectivity index (χ0) is 14.8. The molecule has 1 aromatic rings. The van der Waals surface area contributed by atoms with Gasteiger partial charge in [0.25, 0.3) is 0 Å². The summed E-state index contributed by atoms with van der Waals surface area (Å²) in [4.78, 5) is 14.1. The van der Waals surface area contributed by atoms with Crippen molar-refractivity contribution in [3.63, 3.8) is 0 Å². The van der Waals surface area contributed by atoms with E-state index >= 15 is 0 Å².